The van der Waals surface area contributed by atoms with E-state index in [1.807, 2.05) is 55.5 Å². The molecule has 3 aromatic rings. The van der Waals surface area contributed by atoms with Crippen LogP contribution >= 0.6 is 0 Å². The van der Waals surface area contributed by atoms with E-state index < -0.39 is 0 Å². The van der Waals surface area contributed by atoms with E-state index in [2.05, 4.69) is 15.5 Å². The molecular weight excluding hydrogens is 290 g/mol. The van der Waals surface area contributed by atoms with Gasteiger partial charge in [-0.05, 0) is 18.1 Å². The molecule has 5 nitrogen and oxygen atoms in total. The van der Waals surface area contributed by atoms with Gasteiger partial charge in [0.25, 0.3) is 11.5 Å². The molecule has 0 spiro atoms. The van der Waals surface area contributed by atoms with Crippen molar-refractivity contribution >= 4 is 11.6 Å². The minimum absolute atomic E-state index is 0.229. The summed E-state index contributed by atoms with van der Waals surface area (Å²) in [6.07, 6.45) is 0.749. The highest BCUT2D eigenvalue weighted by Gasteiger charge is 2.17. The van der Waals surface area contributed by atoms with E-state index in [0.717, 1.165) is 17.5 Å². The zero-order valence-corrected chi connectivity index (χ0v) is 12.7. The molecular formula is C18H17N3O2. The van der Waals surface area contributed by atoms with Crippen molar-refractivity contribution in [2.75, 3.05) is 5.32 Å². The second-order valence-electron chi connectivity index (χ2n) is 5.16. The van der Waals surface area contributed by atoms with Crippen LogP contribution in [0, 0.1) is 0 Å². The molecule has 116 valence electrons. The van der Waals surface area contributed by atoms with Gasteiger partial charge in [0.05, 0.1) is 5.69 Å². The minimum Gasteiger partial charge on any atom is -0.316 e. The standard InChI is InChI=1S/C18H17N3O2/c1-2-12-8-6-7-11-14(12)17(22)19-16-15(20-21-18(16)23)13-9-4-3-5-10-13/h3-11H,2H2,1H3,(H,19,22)(H2,20,21,23). The Balaban J connectivity index is 1.96. The van der Waals surface area contributed by atoms with Gasteiger partial charge in [-0.15, -0.1) is 0 Å². The number of aromatic nitrogens is 2. The molecule has 23 heavy (non-hydrogen) atoms. The largest absolute Gasteiger partial charge is 0.316 e. The van der Waals surface area contributed by atoms with Gasteiger partial charge >= 0.3 is 0 Å². The Morgan fingerprint density at radius 3 is 2.43 bits per heavy atom. The minimum atomic E-state index is -0.355. The van der Waals surface area contributed by atoms with Crippen molar-refractivity contribution in [1.29, 1.82) is 0 Å². The Labute approximate surface area is 133 Å². The van der Waals surface area contributed by atoms with E-state index in [1.54, 1.807) is 6.07 Å². The summed E-state index contributed by atoms with van der Waals surface area (Å²) in [7, 11) is 0. The van der Waals surface area contributed by atoms with Crippen molar-refractivity contribution in [3.8, 4) is 11.3 Å². The van der Waals surface area contributed by atoms with Crippen molar-refractivity contribution in [2.45, 2.75) is 13.3 Å². The highest BCUT2D eigenvalue weighted by Crippen LogP contribution is 2.23. The number of rotatable bonds is 4. The maximum Gasteiger partial charge on any atom is 0.288 e. The summed E-state index contributed by atoms with van der Waals surface area (Å²) >= 11 is 0. The number of nitrogens with one attached hydrogen (secondary N) is 3. The second-order valence-corrected chi connectivity index (χ2v) is 5.16. The average molecular weight is 307 g/mol. The smallest absolute Gasteiger partial charge is 0.288 e. The first-order valence-electron chi connectivity index (χ1n) is 7.46. The number of hydrogen-bond donors (Lipinski definition) is 3. The lowest BCUT2D eigenvalue weighted by Gasteiger charge is -2.08. The summed E-state index contributed by atoms with van der Waals surface area (Å²) in [5.74, 6) is -0.287. The van der Waals surface area contributed by atoms with Crippen LogP contribution in [0.2, 0.25) is 0 Å². The summed E-state index contributed by atoms with van der Waals surface area (Å²) in [4.78, 5) is 24.6. The van der Waals surface area contributed by atoms with Crippen LogP contribution in [0.25, 0.3) is 11.3 Å². The lowest BCUT2D eigenvalue weighted by atomic mass is 10.0. The molecule has 1 aromatic heterocycles. The Morgan fingerprint density at radius 1 is 1.00 bits per heavy atom. The maximum atomic E-state index is 12.5. The molecule has 0 saturated carbocycles. The van der Waals surface area contributed by atoms with Crippen LogP contribution in [-0.2, 0) is 6.42 Å². The third-order valence-corrected chi connectivity index (χ3v) is 3.72. The van der Waals surface area contributed by atoms with Gasteiger partial charge in [-0.25, -0.2) is 0 Å². The molecule has 1 amide bonds. The highest BCUT2D eigenvalue weighted by molar-refractivity contribution is 6.06. The predicted octanol–water partition coefficient (Wildman–Crippen LogP) is 3.18. The number of anilines is 1. The van der Waals surface area contributed by atoms with Crippen LogP contribution in [0.3, 0.4) is 0 Å². The molecule has 0 unspecified atom stereocenters. The lowest BCUT2D eigenvalue weighted by molar-refractivity contribution is 0.102. The van der Waals surface area contributed by atoms with Gasteiger partial charge in [-0.2, -0.15) is 0 Å². The second kappa shape index (κ2) is 6.36. The van der Waals surface area contributed by atoms with Crippen LogP contribution < -0.4 is 10.9 Å². The SMILES string of the molecule is CCc1ccccc1C(=O)Nc1c(-c2ccccc2)[nH][nH]c1=O. The van der Waals surface area contributed by atoms with Crippen LogP contribution in [0.15, 0.2) is 59.4 Å². The number of carbonyl (C=O) groups is 1. The van der Waals surface area contributed by atoms with E-state index in [9.17, 15) is 9.59 Å². The maximum absolute atomic E-state index is 12.5. The fourth-order valence-corrected chi connectivity index (χ4v) is 2.53. The molecule has 0 bridgehead atoms. The Hall–Kier alpha value is -3.08. The molecule has 0 aliphatic rings. The van der Waals surface area contributed by atoms with Crippen molar-refractivity contribution in [1.82, 2.24) is 10.2 Å². The molecule has 5 heteroatoms. The van der Waals surface area contributed by atoms with Gasteiger partial charge in [0.15, 0.2) is 0 Å². The zero-order valence-electron chi connectivity index (χ0n) is 12.7. The van der Waals surface area contributed by atoms with E-state index in [1.165, 1.54) is 0 Å². The van der Waals surface area contributed by atoms with Crippen molar-refractivity contribution in [3.63, 3.8) is 0 Å². The fraction of sp³-hybridized carbons (Fsp3) is 0.111. The molecule has 1 heterocycles. The third kappa shape index (κ3) is 2.94. The number of benzene rings is 2. The van der Waals surface area contributed by atoms with E-state index >= 15 is 0 Å². The average Bonchev–Trinajstić information content (AvgIpc) is 2.96. The Kier molecular flexibility index (Phi) is 4.10. The van der Waals surface area contributed by atoms with Gasteiger partial charge in [-0.1, -0.05) is 55.5 Å². The van der Waals surface area contributed by atoms with E-state index in [4.69, 9.17) is 0 Å². The zero-order chi connectivity index (χ0) is 16.2. The molecule has 0 aliphatic heterocycles. The van der Waals surface area contributed by atoms with Gasteiger partial charge in [0.1, 0.15) is 5.69 Å². The monoisotopic (exact) mass is 307 g/mol. The van der Waals surface area contributed by atoms with Crippen molar-refractivity contribution in [3.05, 3.63) is 76.1 Å². The molecule has 0 aliphatic carbocycles. The van der Waals surface area contributed by atoms with E-state index in [0.29, 0.717) is 11.3 Å². The topological polar surface area (TPSA) is 77.8 Å². The molecule has 0 radical (unpaired) electrons. The predicted molar refractivity (Wildman–Crippen MR) is 90.6 cm³/mol. The molecule has 3 N–H and O–H groups in total. The van der Waals surface area contributed by atoms with Crippen LogP contribution in [-0.4, -0.2) is 16.1 Å². The van der Waals surface area contributed by atoms with Crippen LogP contribution in [0.1, 0.15) is 22.8 Å². The van der Waals surface area contributed by atoms with Gasteiger partial charge in [0, 0.05) is 11.1 Å². The molecule has 2 aromatic carbocycles. The molecule has 0 atom stereocenters. The number of hydrogen-bond acceptors (Lipinski definition) is 2. The molecule has 0 fully saturated rings. The summed E-state index contributed by atoms with van der Waals surface area (Å²) in [6, 6.07) is 16.8. The van der Waals surface area contributed by atoms with Crippen molar-refractivity contribution in [2.24, 2.45) is 0 Å². The number of aryl methyl sites for hydroxylation is 1. The van der Waals surface area contributed by atoms with Gasteiger partial charge < -0.3 is 5.32 Å². The normalized spacial score (nSPS) is 10.5. The van der Waals surface area contributed by atoms with Gasteiger partial charge in [-0.3, -0.25) is 19.8 Å². The fourth-order valence-electron chi connectivity index (χ4n) is 2.53. The summed E-state index contributed by atoms with van der Waals surface area (Å²) < 4.78 is 0. The third-order valence-electron chi connectivity index (χ3n) is 3.72. The van der Waals surface area contributed by atoms with Gasteiger partial charge in [0.2, 0.25) is 0 Å². The first-order chi connectivity index (χ1) is 11.2. The quantitative estimate of drug-likeness (QED) is 0.692. The van der Waals surface area contributed by atoms with Crippen molar-refractivity contribution < 1.29 is 4.79 Å². The summed E-state index contributed by atoms with van der Waals surface area (Å²) in [6.45, 7) is 1.99. The molecule has 0 saturated heterocycles. The number of H-pyrrole nitrogens is 2. The summed E-state index contributed by atoms with van der Waals surface area (Å²) in [5.41, 5.74) is 2.79. The lowest BCUT2D eigenvalue weighted by Crippen LogP contribution is -2.18. The van der Waals surface area contributed by atoms with Crippen LogP contribution in [0.4, 0.5) is 5.69 Å². The molecule has 3 rings (SSSR count). The number of aromatic amines is 2. The number of carbonyl (C=O) groups excluding carboxylic acids is 1. The Morgan fingerprint density at radius 2 is 1.70 bits per heavy atom. The first kappa shape index (κ1) is 14.8. The Bertz CT molecular complexity index is 879. The summed E-state index contributed by atoms with van der Waals surface area (Å²) in [5, 5.41) is 8.08. The highest BCUT2D eigenvalue weighted by atomic mass is 16.2. The van der Waals surface area contributed by atoms with Crippen LogP contribution in [0.5, 0.6) is 0 Å². The van der Waals surface area contributed by atoms with E-state index in [-0.39, 0.29) is 17.2 Å². The first-order valence-corrected chi connectivity index (χ1v) is 7.46. The number of amides is 1.